The Kier molecular flexibility index (Phi) is 3.74. The first-order valence-electron chi connectivity index (χ1n) is 5.50. The standard InChI is InChI=1S/C11H23NO/c1-3-9-4-6-10(7-5-9)11(2,12)8-13/h9-10,13H,3-8,12H2,1-2H3. The number of hydrogen-bond donors (Lipinski definition) is 2. The zero-order valence-corrected chi connectivity index (χ0v) is 8.92. The molecular weight excluding hydrogens is 162 g/mol. The van der Waals surface area contributed by atoms with Gasteiger partial charge in [-0.2, -0.15) is 0 Å². The van der Waals surface area contributed by atoms with E-state index in [4.69, 9.17) is 10.8 Å². The Balaban J connectivity index is 2.40. The van der Waals surface area contributed by atoms with E-state index in [-0.39, 0.29) is 12.1 Å². The molecule has 1 saturated carbocycles. The van der Waals surface area contributed by atoms with E-state index < -0.39 is 0 Å². The molecule has 0 aromatic heterocycles. The zero-order valence-electron chi connectivity index (χ0n) is 8.92. The van der Waals surface area contributed by atoms with E-state index in [1.54, 1.807) is 0 Å². The molecule has 78 valence electrons. The Labute approximate surface area is 81.5 Å². The van der Waals surface area contributed by atoms with Crippen molar-refractivity contribution in [2.24, 2.45) is 17.6 Å². The van der Waals surface area contributed by atoms with Crippen molar-refractivity contribution in [2.75, 3.05) is 6.61 Å². The summed E-state index contributed by atoms with van der Waals surface area (Å²) >= 11 is 0. The molecule has 0 aliphatic heterocycles. The Morgan fingerprint density at radius 2 is 1.85 bits per heavy atom. The second-order valence-corrected chi connectivity index (χ2v) is 4.79. The van der Waals surface area contributed by atoms with Crippen LogP contribution < -0.4 is 5.73 Å². The van der Waals surface area contributed by atoms with Gasteiger partial charge in [0.05, 0.1) is 6.61 Å². The largest absolute Gasteiger partial charge is 0.394 e. The summed E-state index contributed by atoms with van der Waals surface area (Å²) in [6.45, 7) is 4.36. The third kappa shape index (κ3) is 2.68. The van der Waals surface area contributed by atoms with Crippen LogP contribution in [-0.4, -0.2) is 17.3 Å². The highest BCUT2D eigenvalue weighted by atomic mass is 16.3. The summed E-state index contributed by atoms with van der Waals surface area (Å²) in [4.78, 5) is 0. The molecule has 2 heteroatoms. The maximum Gasteiger partial charge on any atom is 0.0611 e. The van der Waals surface area contributed by atoms with Gasteiger partial charge in [0, 0.05) is 5.54 Å². The quantitative estimate of drug-likeness (QED) is 0.705. The molecule has 13 heavy (non-hydrogen) atoms. The molecule has 0 radical (unpaired) electrons. The fourth-order valence-corrected chi connectivity index (χ4v) is 2.36. The summed E-state index contributed by atoms with van der Waals surface area (Å²) in [5.41, 5.74) is 5.68. The Hall–Kier alpha value is -0.0800. The molecule has 1 aliphatic rings. The second-order valence-electron chi connectivity index (χ2n) is 4.79. The van der Waals surface area contributed by atoms with Gasteiger partial charge in [-0.1, -0.05) is 26.2 Å². The number of aliphatic hydroxyl groups is 1. The lowest BCUT2D eigenvalue weighted by atomic mass is 9.72. The molecule has 0 aromatic carbocycles. The first kappa shape index (κ1) is 11.0. The predicted octanol–water partition coefficient (Wildman–Crippen LogP) is 1.91. The van der Waals surface area contributed by atoms with Gasteiger partial charge in [-0.05, 0) is 31.6 Å². The summed E-state index contributed by atoms with van der Waals surface area (Å²) in [5.74, 6) is 1.44. The molecule has 1 rings (SSSR count). The Bertz CT molecular complexity index is 148. The lowest BCUT2D eigenvalue weighted by Crippen LogP contribution is -2.48. The summed E-state index contributed by atoms with van der Waals surface area (Å²) in [5, 5.41) is 9.14. The van der Waals surface area contributed by atoms with Crippen LogP contribution >= 0.6 is 0 Å². The van der Waals surface area contributed by atoms with Gasteiger partial charge in [0.1, 0.15) is 0 Å². The van der Waals surface area contributed by atoms with Gasteiger partial charge in [-0.25, -0.2) is 0 Å². The van der Waals surface area contributed by atoms with Gasteiger partial charge in [0.15, 0.2) is 0 Å². The van der Waals surface area contributed by atoms with Crippen molar-refractivity contribution in [3.63, 3.8) is 0 Å². The van der Waals surface area contributed by atoms with Gasteiger partial charge in [-0.15, -0.1) is 0 Å². The molecule has 1 atom stereocenters. The fraction of sp³-hybridized carbons (Fsp3) is 1.00. The van der Waals surface area contributed by atoms with Crippen LogP contribution in [0.15, 0.2) is 0 Å². The van der Waals surface area contributed by atoms with Crippen molar-refractivity contribution in [1.82, 2.24) is 0 Å². The number of aliphatic hydroxyl groups excluding tert-OH is 1. The minimum Gasteiger partial charge on any atom is -0.394 e. The van der Waals surface area contributed by atoms with E-state index in [2.05, 4.69) is 6.92 Å². The van der Waals surface area contributed by atoms with E-state index in [0.717, 1.165) is 5.92 Å². The Morgan fingerprint density at radius 1 is 1.31 bits per heavy atom. The molecule has 1 fully saturated rings. The molecule has 1 unspecified atom stereocenters. The van der Waals surface area contributed by atoms with Crippen molar-refractivity contribution in [3.05, 3.63) is 0 Å². The normalized spacial score (nSPS) is 34.2. The molecule has 2 nitrogen and oxygen atoms in total. The highest BCUT2D eigenvalue weighted by Crippen LogP contribution is 2.35. The molecule has 0 spiro atoms. The first-order chi connectivity index (χ1) is 6.10. The maximum absolute atomic E-state index is 9.14. The van der Waals surface area contributed by atoms with Crippen LogP contribution in [0.4, 0.5) is 0 Å². The van der Waals surface area contributed by atoms with E-state index >= 15 is 0 Å². The van der Waals surface area contributed by atoms with E-state index in [0.29, 0.717) is 5.92 Å². The highest BCUT2D eigenvalue weighted by Gasteiger charge is 2.32. The fourth-order valence-electron chi connectivity index (χ4n) is 2.36. The van der Waals surface area contributed by atoms with Crippen LogP contribution in [0, 0.1) is 11.8 Å². The lowest BCUT2D eigenvalue weighted by Gasteiger charge is -2.37. The zero-order chi connectivity index (χ0) is 9.90. The monoisotopic (exact) mass is 185 g/mol. The molecular formula is C11H23NO. The average Bonchev–Trinajstić information content (AvgIpc) is 2.18. The smallest absolute Gasteiger partial charge is 0.0611 e. The van der Waals surface area contributed by atoms with Crippen LogP contribution in [-0.2, 0) is 0 Å². The molecule has 0 aromatic rings. The molecule has 0 bridgehead atoms. The van der Waals surface area contributed by atoms with Crippen molar-refractivity contribution in [2.45, 2.75) is 51.5 Å². The highest BCUT2D eigenvalue weighted by molar-refractivity contribution is 4.89. The second kappa shape index (κ2) is 4.43. The number of hydrogen-bond acceptors (Lipinski definition) is 2. The number of nitrogens with two attached hydrogens (primary N) is 1. The summed E-state index contributed by atoms with van der Waals surface area (Å²) in [6.07, 6.45) is 6.30. The minimum absolute atomic E-state index is 0.120. The van der Waals surface area contributed by atoms with Gasteiger partial charge >= 0.3 is 0 Å². The van der Waals surface area contributed by atoms with Crippen LogP contribution in [0.5, 0.6) is 0 Å². The topological polar surface area (TPSA) is 46.2 Å². The average molecular weight is 185 g/mol. The minimum atomic E-state index is -0.349. The first-order valence-corrected chi connectivity index (χ1v) is 5.50. The third-order valence-electron chi connectivity index (χ3n) is 3.70. The van der Waals surface area contributed by atoms with Crippen LogP contribution in [0.2, 0.25) is 0 Å². The van der Waals surface area contributed by atoms with E-state index in [1.807, 2.05) is 6.92 Å². The van der Waals surface area contributed by atoms with Crippen molar-refractivity contribution >= 4 is 0 Å². The van der Waals surface area contributed by atoms with Gasteiger partial charge in [0.25, 0.3) is 0 Å². The van der Waals surface area contributed by atoms with E-state index in [9.17, 15) is 0 Å². The van der Waals surface area contributed by atoms with Crippen LogP contribution in [0.1, 0.15) is 46.0 Å². The third-order valence-corrected chi connectivity index (χ3v) is 3.70. The van der Waals surface area contributed by atoms with Gasteiger partial charge in [0.2, 0.25) is 0 Å². The van der Waals surface area contributed by atoms with Gasteiger partial charge < -0.3 is 10.8 Å². The maximum atomic E-state index is 9.14. The van der Waals surface area contributed by atoms with Crippen LogP contribution in [0.3, 0.4) is 0 Å². The summed E-state index contributed by atoms with van der Waals surface area (Å²) in [7, 11) is 0. The van der Waals surface area contributed by atoms with Crippen molar-refractivity contribution in [1.29, 1.82) is 0 Å². The summed E-state index contributed by atoms with van der Waals surface area (Å²) in [6, 6.07) is 0. The summed E-state index contributed by atoms with van der Waals surface area (Å²) < 4.78 is 0. The molecule has 0 heterocycles. The lowest BCUT2D eigenvalue weighted by molar-refractivity contribution is 0.114. The van der Waals surface area contributed by atoms with Crippen molar-refractivity contribution < 1.29 is 5.11 Å². The van der Waals surface area contributed by atoms with E-state index in [1.165, 1.54) is 32.1 Å². The van der Waals surface area contributed by atoms with Crippen molar-refractivity contribution in [3.8, 4) is 0 Å². The SMILES string of the molecule is CCC1CCC(C(C)(N)CO)CC1. The molecule has 0 saturated heterocycles. The number of rotatable bonds is 3. The Morgan fingerprint density at radius 3 is 2.23 bits per heavy atom. The molecule has 0 amide bonds. The predicted molar refractivity (Wildman–Crippen MR) is 55.4 cm³/mol. The van der Waals surface area contributed by atoms with Gasteiger partial charge in [-0.3, -0.25) is 0 Å². The molecule has 3 N–H and O–H groups in total. The van der Waals surface area contributed by atoms with Crippen LogP contribution in [0.25, 0.3) is 0 Å². The molecule has 1 aliphatic carbocycles.